The monoisotopic (exact) mass is 208 g/mol. The number of rotatable bonds is 2. The Labute approximate surface area is 76.5 Å². The van der Waals surface area contributed by atoms with Crippen molar-refractivity contribution in [3.63, 3.8) is 0 Å². The molecule has 0 bridgehead atoms. The lowest BCUT2D eigenvalue weighted by molar-refractivity contribution is -0.131. The van der Waals surface area contributed by atoms with Gasteiger partial charge in [0, 0.05) is 0 Å². The average Bonchev–Trinajstić information content (AvgIpc) is 2.04. The summed E-state index contributed by atoms with van der Waals surface area (Å²) in [5.74, 6) is -3.56. The van der Waals surface area contributed by atoms with Crippen LogP contribution in [-0.4, -0.2) is 44.8 Å². The largest absolute Gasteiger partial charge is 0.475 e. The van der Waals surface area contributed by atoms with E-state index in [9.17, 15) is 9.59 Å². The minimum absolute atomic E-state index is 0. The van der Waals surface area contributed by atoms with Crippen LogP contribution in [0.3, 0.4) is 0 Å². The highest BCUT2D eigenvalue weighted by atomic mass is 16.4. The SMILES string of the molecule is O.O.O=C(O)C1=NNC(C(=O)O)=NN1. The average molecular weight is 208 g/mol. The van der Waals surface area contributed by atoms with Gasteiger partial charge in [-0.05, 0) is 0 Å². The predicted octanol–water partition coefficient (Wildman–Crippen LogP) is -3.67. The molecule has 14 heavy (non-hydrogen) atoms. The Kier molecular flexibility index (Phi) is 5.58. The molecule has 8 N–H and O–H groups in total. The van der Waals surface area contributed by atoms with Gasteiger partial charge >= 0.3 is 11.9 Å². The van der Waals surface area contributed by atoms with Crippen LogP contribution in [-0.2, 0) is 9.59 Å². The molecule has 0 aliphatic carbocycles. The van der Waals surface area contributed by atoms with Crippen molar-refractivity contribution in [1.29, 1.82) is 0 Å². The number of hydrogen-bond acceptors (Lipinski definition) is 6. The van der Waals surface area contributed by atoms with Gasteiger partial charge in [0.05, 0.1) is 0 Å². The molecule has 0 unspecified atom stereocenters. The zero-order valence-corrected chi connectivity index (χ0v) is 6.61. The molecule has 0 fully saturated rings. The van der Waals surface area contributed by atoms with E-state index in [0.717, 1.165) is 0 Å². The first-order chi connectivity index (χ1) is 5.61. The van der Waals surface area contributed by atoms with Gasteiger partial charge in [0.25, 0.3) is 11.7 Å². The number of nitrogens with zero attached hydrogens (tertiary/aromatic N) is 2. The standard InChI is InChI=1S/C4H4N4O4.2H2O/c9-3(10)1-5-7-2(4(11)12)8-6-1;;/h(H,5,6)(H,7,8)(H,9,10)(H,11,12);2*1H2. The van der Waals surface area contributed by atoms with E-state index in [1.54, 1.807) is 0 Å². The van der Waals surface area contributed by atoms with E-state index < -0.39 is 23.6 Å². The van der Waals surface area contributed by atoms with Crippen molar-refractivity contribution >= 4 is 23.6 Å². The summed E-state index contributed by atoms with van der Waals surface area (Å²) in [7, 11) is 0. The molecule has 1 heterocycles. The number of carbonyl (C=O) groups is 2. The highest BCUT2D eigenvalue weighted by Crippen LogP contribution is 1.83. The second-order valence-electron chi connectivity index (χ2n) is 1.75. The summed E-state index contributed by atoms with van der Waals surface area (Å²) in [5.41, 5.74) is 3.89. The lowest BCUT2D eigenvalue weighted by Crippen LogP contribution is -2.40. The zero-order valence-electron chi connectivity index (χ0n) is 6.61. The van der Waals surface area contributed by atoms with Crippen LogP contribution in [0.5, 0.6) is 0 Å². The lowest BCUT2D eigenvalue weighted by Gasteiger charge is -2.08. The van der Waals surface area contributed by atoms with E-state index in [0.29, 0.717) is 0 Å². The Morgan fingerprint density at radius 1 is 0.929 bits per heavy atom. The molecular weight excluding hydrogens is 200 g/mol. The molecule has 0 aromatic heterocycles. The van der Waals surface area contributed by atoms with E-state index in [2.05, 4.69) is 10.2 Å². The normalized spacial score (nSPS) is 12.9. The summed E-state index contributed by atoms with van der Waals surface area (Å²) in [5, 5.41) is 23.0. The minimum atomic E-state index is -1.32. The van der Waals surface area contributed by atoms with Crippen molar-refractivity contribution in [2.24, 2.45) is 10.2 Å². The van der Waals surface area contributed by atoms with Crippen molar-refractivity contribution in [1.82, 2.24) is 10.9 Å². The van der Waals surface area contributed by atoms with Crippen LogP contribution in [0.25, 0.3) is 0 Å². The van der Waals surface area contributed by atoms with Crippen molar-refractivity contribution < 1.29 is 30.8 Å². The first-order valence-electron chi connectivity index (χ1n) is 2.75. The van der Waals surface area contributed by atoms with E-state index >= 15 is 0 Å². The van der Waals surface area contributed by atoms with Crippen molar-refractivity contribution in [2.45, 2.75) is 0 Å². The van der Waals surface area contributed by atoms with Crippen LogP contribution in [0.15, 0.2) is 10.2 Å². The van der Waals surface area contributed by atoms with E-state index in [4.69, 9.17) is 10.2 Å². The number of hydrogen-bond donors (Lipinski definition) is 4. The van der Waals surface area contributed by atoms with Gasteiger partial charge in [0.1, 0.15) is 0 Å². The van der Waals surface area contributed by atoms with Crippen molar-refractivity contribution in [3.8, 4) is 0 Å². The maximum atomic E-state index is 10.2. The van der Waals surface area contributed by atoms with Crippen LogP contribution in [0.2, 0.25) is 0 Å². The molecule has 0 aromatic rings. The molecule has 80 valence electrons. The van der Waals surface area contributed by atoms with Gasteiger partial charge < -0.3 is 21.2 Å². The van der Waals surface area contributed by atoms with Crippen LogP contribution in [0, 0.1) is 0 Å². The van der Waals surface area contributed by atoms with Crippen LogP contribution < -0.4 is 10.9 Å². The molecule has 0 radical (unpaired) electrons. The number of nitrogens with one attached hydrogen (secondary N) is 2. The number of carboxylic acids is 2. The molecule has 1 aliphatic rings. The highest BCUT2D eigenvalue weighted by molar-refractivity contribution is 6.39. The summed E-state index contributed by atoms with van der Waals surface area (Å²) in [4.78, 5) is 20.4. The molecular formula is C4H8N4O6. The van der Waals surface area contributed by atoms with Crippen molar-refractivity contribution in [3.05, 3.63) is 0 Å². The molecule has 0 spiro atoms. The maximum Gasteiger partial charge on any atom is 0.375 e. The number of hydrazone groups is 2. The summed E-state index contributed by atoms with van der Waals surface area (Å²) in [6.45, 7) is 0. The van der Waals surface area contributed by atoms with Crippen LogP contribution in [0.4, 0.5) is 0 Å². The molecule has 10 heteroatoms. The molecule has 0 atom stereocenters. The first-order valence-corrected chi connectivity index (χ1v) is 2.75. The fraction of sp³-hybridized carbons (Fsp3) is 0. The van der Waals surface area contributed by atoms with Gasteiger partial charge in [-0.25, -0.2) is 9.59 Å². The zero-order chi connectivity index (χ0) is 9.14. The number of amidine groups is 2. The molecule has 0 aromatic carbocycles. The topological polar surface area (TPSA) is 186 Å². The second kappa shape index (κ2) is 5.45. The third-order valence-electron chi connectivity index (χ3n) is 0.952. The molecule has 10 nitrogen and oxygen atoms in total. The number of aliphatic carboxylic acids is 2. The third kappa shape index (κ3) is 3.04. The Morgan fingerprint density at radius 2 is 1.21 bits per heavy atom. The van der Waals surface area contributed by atoms with Crippen molar-refractivity contribution in [2.75, 3.05) is 0 Å². The lowest BCUT2D eigenvalue weighted by atomic mass is 10.6. The van der Waals surface area contributed by atoms with Gasteiger partial charge in [0.2, 0.25) is 0 Å². The predicted molar refractivity (Wildman–Crippen MR) is 43.6 cm³/mol. The molecule has 0 saturated carbocycles. The molecule has 1 aliphatic heterocycles. The Hall–Kier alpha value is -2.20. The van der Waals surface area contributed by atoms with Gasteiger partial charge in [0.15, 0.2) is 0 Å². The molecule has 1 rings (SSSR count). The third-order valence-corrected chi connectivity index (χ3v) is 0.952. The smallest absolute Gasteiger partial charge is 0.375 e. The Morgan fingerprint density at radius 3 is 1.36 bits per heavy atom. The Balaban J connectivity index is 0. The minimum Gasteiger partial charge on any atom is -0.475 e. The van der Waals surface area contributed by atoms with Gasteiger partial charge in [-0.15, -0.1) is 10.2 Å². The maximum absolute atomic E-state index is 10.2. The molecule has 0 saturated heterocycles. The summed E-state index contributed by atoms with van der Waals surface area (Å²) in [6, 6.07) is 0. The highest BCUT2D eigenvalue weighted by Gasteiger charge is 2.17. The molecule has 0 amide bonds. The van der Waals surface area contributed by atoms with Gasteiger partial charge in [-0.2, -0.15) is 0 Å². The summed E-state index contributed by atoms with van der Waals surface area (Å²) in [6.07, 6.45) is 0. The number of carboxylic acid groups (broad SMARTS) is 2. The van der Waals surface area contributed by atoms with Gasteiger partial charge in [-0.3, -0.25) is 10.9 Å². The van der Waals surface area contributed by atoms with E-state index in [-0.39, 0.29) is 11.0 Å². The fourth-order valence-electron chi connectivity index (χ4n) is 0.459. The quantitative estimate of drug-likeness (QED) is 0.361. The van der Waals surface area contributed by atoms with E-state index in [1.807, 2.05) is 10.9 Å². The van der Waals surface area contributed by atoms with E-state index in [1.165, 1.54) is 0 Å². The second-order valence-corrected chi connectivity index (χ2v) is 1.75. The summed E-state index contributed by atoms with van der Waals surface area (Å²) >= 11 is 0. The first kappa shape index (κ1) is 14.3. The summed E-state index contributed by atoms with van der Waals surface area (Å²) < 4.78 is 0. The van der Waals surface area contributed by atoms with Crippen LogP contribution >= 0.6 is 0 Å². The van der Waals surface area contributed by atoms with Crippen LogP contribution in [0.1, 0.15) is 0 Å². The Bertz CT molecular complexity index is 266. The van der Waals surface area contributed by atoms with Gasteiger partial charge in [-0.1, -0.05) is 0 Å². The fourth-order valence-corrected chi connectivity index (χ4v) is 0.459.